The van der Waals surface area contributed by atoms with Gasteiger partial charge in [-0.3, -0.25) is 0 Å². The third kappa shape index (κ3) is 3.85. The Morgan fingerprint density at radius 2 is 2.05 bits per heavy atom. The van der Waals surface area contributed by atoms with Gasteiger partial charge in [-0.1, -0.05) is 0 Å². The molecule has 6 nitrogen and oxygen atoms in total. The van der Waals surface area contributed by atoms with Crippen LogP contribution in [0, 0.1) is 19.8 Å². The molecule has 2 rings (SSSR count). The third-order valence-corrected chi connectivity index (χ3v) is 5.74. The van der Waals surface area contributed by atoms with Gasteiger partial charge in [-0.2, -0.15) is 17.4 Å². The fourth-order valence-electron chi connectivity index (χ4n) is 2.77. The van der Waals surface area contributed by atoms with E-state index < -0.39 is 10.2 Å². The van der Waals surface area contributed by atoms with Crippen LogP contribution in [-0.2, 0) is 10.2 Å². The van der Waals surface area contributed by atoms with Crippen LogP contribution in [0.15, 0.2) is 10.5 Å². The lowest BCUT2D eigenvalue weighted by atomic mass is 10.00. The first-order chi connectivity index (χ1) is 9.83. The summed E-state index contributed by atoms with van der Waals surface area (Å²) >= 11 is 0. The van der Waals surface area contributed by atoms with Crippen molar-refractivity contribution in [1.82, 2.24) is 9.03 Å². The van der Waals surface area contributed by atoms with Crippen molar-refractivity contribution in [2.24, 2.45) is 5.92 Å². The molecule has 0 spiro atoms. The number of hydrogen-bond donors (Lipinski definition) is 2. The molecule has 0 aromatic carbocycles. The van der Waals surface area contributed by atoms with Gasteiger partial charge in [0.05, 0.1) is 0 Å². The Hall–Kier alpha value is -0.890. The zero-order chi connectivity index (χ0) is 15.6. The van der Waals surface area contributed by atoms with E-state index in [1.165, 1.54) is 4.31 Å². The summed E-state index contributed by atoms with van der Waals surface area (Å²) in [5, 5.41) is 9.11. The van der Waals surface area contributed by atoms with Crippen molar-refractivity contribution >= 4 is 10.2 Å². The molecule has 0 radical (unpaired) electrons. The van der Waals surface area contributed by atoms with Gasteiger partial charge in [0.2, 0.25) is 0 Å². The number of aryl methyl sites for hydroxylation is 2. The summed E-state index contributed by atoms with van der Waals surface area (Å²) in [6, 6.07) is 1.53. The maximum absolute atomic E-state index is 12.4. The number of furan rings is 1. The molecule has 1 saturated heterocycles. The lowest BCUT2D eigenvalue weighted by Gasteiger charge is -2.31. The van der Waals surface area contributed by atoms with Crippen molar-refractivity contribution in [3.63, 3.8) is 0 Å². The van der Waals surface area contributed by atoms with E-state index in [0.29, 0.717) is 25.9 Å². The first kappa shape index (κ1) is 16.5. The Balaban J connectivity index is 2.02. The van der Waals surface area contributed by atoms with Crippen LogP contribution in [0.4, 0.5) is 0 Å². The van der Waals surface area contributed by atoms with Gasteiger partial charge >= 0.3 is 0 Å². The molecule has 1 fully saturated rings. The highest BCUT2D eigenvalue weighted by Crippen LogP contribution is 2.24. The highest BCUT2D eigenvalue weighted by molar-refractivity contribution is 7.87. The number of rotatable bonds is 5. The van der Waals surface area contributed by atoms with E-state index in [-0.39, 0.29) is 18.6 Å². The van der Waals surface area contributed by atoms with Crippen molar-refractivity contribution in [2.75, 3.05) is 19.7 Å². The van der Waals surface area contributed by atoms with Gasteiger partial charge in [0.1, 0.15) is 11.5 Å². The predicted molar refractivity (Wildman–Crippen MR) is 80.0 cm³/mol. The summed E-state index contributed by atoms with van der Waals surface area (Å²) in [7, 11) is -3.51. The molecule has 1 atom stereocenters. The van der Waals surface area contributed by atoms with Gasteiger partial charge in [0.15, 0.2) is 0 Å². The number of nitrogens with one attached hydrogen (secondary N) is 1. The second-order valence-electron chi connectivity index (χ2n) is 5.74. The van der Waals surface area contributed by atoms with E-state index in [1.807, 2.05) is 26.8 Å². The van der Waals surface area contributed by atoms with Crippen LogP contribution in [0.1, 0.15) is 42.9 Å². The van der Waals surface area contributed by atoms with Crippen LogP contribution in [-0.4, -0.2) is 37.5 Å². The lowest BCUT2D eigenvalue weighted by Crippen LogP contribution is -2.46. The summed E-state index contributed by atoms with van der Waals surface area (Å²) in [6.45, 7) is 6.53. The number of hydrogen-bond acceptors (Lipinski definition) is 4. The average Bonchev–Trinajstić information content (AvgIpc) is 2.77. The van der Waals surface area contributed by atoms with Gasteiger partial charge in [0.25, 0.3) is 10.2 Å². The quantitative estimate of drug-likeness (QED) is 0.862. The molecule has 1 aliphatic rings. The summed E-state index contributed by atoms with van der Waals surface area (Å²) in [6.07, 6.45) is 1.41. The summed E-state index contributed by atoms with van der Waals surface area (Å²) in [4.78, 5) is 0. The van der Waals surface area contributed by atoms with Crippen molar-refractivity contribution < 1.29 is 17.9 Å². The molecule has 21 heavy (non-hydrogen) atoms. The SMILES string of the molecule is Cc1cc(C(C)NS(=O)(=O)N2CCC(CO)CC2)c(C)o1. The van der Waals surface area contributed by atoms with Crippen molar-refractivity contribution in [3.8, 4) is 0 Å². The molecule has 1 aromatic heterocycles. The molecule has 2 N–H and O–H groups in total. The zero-order valence-electron chi connectivity index (χ0n) is 12.8. The fraction of sp³-hybridized carbons (Fsp3) is 0.714. The lowest BCUT2D eigenvalue weighted by molar-refractivity contribution is 0.169. The Kier molecular flexibility index (Phi) is 5.08. The molecule has 0 saturated carbocycles. The number of aliphatic hydroxyl groups is 1. The number of nitrogens with zero attached hydrogens (tertiary/aromatic N) is 1. The highest BCUT2D eigenvalue weighted by atomic mass is 32.2. The minimum absolute atomic E-state index is 0.130. The smallest absolute Gasteiger partial charge is 0.279 e. The summed E-state index contributed by atoms with van der Waals surface area (Å²) in [5.74, 6) is 1.73. The first-order valence-corrected chi connectivity index (χ1v) is 8.72. The Bertz CT molecular complexity index is 574. The monoisotopic (exact) mass is 316 g/mol. The van der Waals surface area contributed by atoms with Crippen molar-refractivity contribution in [2.45, 2.75) is 39.7 Å². The average molecular weight is 316 g/mol. The molecule has 0 bridgehead atoms. The normalized spacial score (nSPS) is 19.8. The summed E-state index contributed by atoms with van der Waals surface area (Å²) in [5.41, 5.74) is 0.862. The van der Waals surface area contributed by atoms with Gasteiger partial charge in [0, 0.05) is 31.3 Å². The second kappa shape index (κ2) is 6.48. The van der Waals surface area contributed by atoms with Gasteiger partial charge in [-0.15, -0.1) is 0 Å². The van der Waals surface area contributed by atoms with E-state index >= 15 is 0 Å². The van der Waals surface area contributed by atoms with Crippen LogP contribution in [0.5, 0.6) is 0 Å². The maximum Gasteiger partial charge on any atom is 0.279 e. The predicted octanol–water partition coefficient (Wildman–Crippen LogP) is 1.50. The van der Waals surface area contributed by atoms with Crippen LogP contribution >= 0.6 is 0 Å². The molecule has 1 aliphatic heterocycles. The van der Waals surface area contributed by atoms with Gasteiger partial charge in [-0.05, 0) is 45.6 Å². The molecular weight excluding hydrogens is 292 g/mol. The van der Waals surface area contributed by atoms with E-state index in [9.17, 15) is 8.42 Å². The maximum atomic E-state index is 12.4. The molecule has 1 unspecified atom stereocenters. The van der Waals surface area contributed by atoms with Crippen LogP contribution in [0.25, 0.3) is 0 Å². The first-order valence-electron chi connectivity index (χ1n) is 7.28. The molecule has 2 heterocycles. The third-order valence-electron chi connectivity index (χ3n) is 4.04. The summed E-state index contributed by atoms with van der Waals surface area (Å²) < 4.78 is 34.4. The standard InChI is InChI=1S/C14H24N2O4S/c1-10-8-14(12(3)20-10)11(2)15-21(18,19)16-6-4-13(9-17)5-7-16/h8,11,13,15,17H,4-7,9H2,1-3H3. The molecule has 1 aromatic rings. The minimum Gasteiger partial charge on any atom is -0.466 e. The molecule has 0 aliphatic carbocycles. The van der Waals surface area contributed by atoms with E-state index in [2.05, 4.69) is 4.72 Å². The Morgan fingerprint density at radius 1 is 1.43 bits per heavy atom. The Labute approximate surface area is 126 Å². The molecular formula is C14H24N2O4S. The van der Waals surface area contributed by atoms with Crippen molar-refractivity contribution in [1.29, 1.82) is 0 Å². The largest absolute Gasteiger partial charge is 0.466 e. The topological polar surface area (TPSA) is 82.8 Å². The van der Waals surface area contributed by atoms with Gasteiger partial charge < -0.3 is 9.52 Å². The Morgan fingerprint density at radius 3 is 2.52 bits per heavy atom. The van der Waals surface area contributed by atoms with Crippen LogP contribution < -0.4 is 4.72 Å². The second-order valence-corrected chi connectivity index (χ2v) is 7.44. The number of piperidine rings is 1. The van der Waals surface area contributed by atoms with Crippen molar-refractivity contribution in [3.05, 3.63) is 23.2 Å². The van der Waals surface area contributed by atoms with E-state index in [0.717, 1.165) is 17.1 Å². The zero-order valence-corrected chi connectivity index (χ0v) is 13.6. The van der Waals surface area contributed by atoms with E-state index in [4.69, 9.17) is 9.52 Å². The number of aliphatic hydroxyl groups excluding tert-OH is 1. The van der Waals surface area contributed by atoms with Gasteiger partial charge in [-0.25, -0.2) is 0 Å². The highest BCUT2D eigenvalue weighted by Gasteiger charge is 2.29. The van der Waals surface area contributed by atoms with Crippen LogP contribution in [0.2, 0.25) is 0 Å². The van der Waals surface area contributed by atoms with E-state index in [1.54, 1.807) is 0 Å². The fourth-order valence-corrected chi connectivity index (χ4v) is 4.19. The minimum atomic E-state index is -3.51. The molecule has 120 valence electrons. The molecule has 0 amide bonds. The van der Waals surface area contributed by atoms with Crippen LogP contribution in [0.3, 0.4) is 0 Å². The molecule has 7 heteroatoms.